The van der Waals surface area contributed by atoms with Crippen LogP contribution < -0.4 is 15.4 Å². The molecule has 1 aliphatic rings. The van der Waals surface area contributed by atoms with Crippen LogP contribution in [0.25, 0.3) is 0 Å². The van der Waals surface area contributed by atoms with E-state index in [1.165, 1.54) is 12.1 Å². The highest BCUT2D eigenvalue weighted by atomic mass is 35.5. The largest absolute Gasteiger partial charge is 0.417 e. The fourth-order valence-corrected chi connectivity index (χ4v) is 3.82. The van der Waals surface area contributed by atoms with Crippen LogP contribution in [0.1, 0.15) is 11.1 Å². The molecule has 2 aromatic carbocycles. The first-order valence-electron chi connectivity index (χ1n) is 7.63. The van der Waals surface area contributed by atoms with Crippen LogP contribution in [0.5, 0.6) is 0 Å². The van der Waals surface area contributed by atoms with Gasteiger partial charge >= 0.3 is 12.2 Å². The number of halogens is 4. The number of carbonyl (C=O) groups is 1. The molecule has 0 saturated heterocycles. The summed E-state index contributed by atoms with van der Waals surface area (Å²) in [7, 11) is -4.16. The third-order valence-electron chi connectivity index (χ3n) is 3.86. The van der Waals surface area contributed by atoms with Gasteiger partial charge in [-0.3, -0.25) is 0 Å². The van der Waals surface area contributed by atoms with E-state index in [-0.39, 0.29) is 10.6 Å². The Hall–Kier alpha value is -2.46. The van der Waals surface area contributed by atoms with E-state index in [0.29, 0.717) is 18.3 Å². The van der Waals surface area contributed by atoms with Crippen molar-refractivity contribution in [2.45, 2.75) is 17.5 Å². The van der Waals surface area contributed by atoms with Crippen LogP contribution in [-0.2, 0) is 22.6 Å². The number of urea groups is 1. The molecule has 0 fully saturated rings. The third-order valence-corrected chi connectivity index (χ3v) is 5.50. The number of benzene rings is 2. The summed E-state index contributed by atoms with van der Waals surface area (Å²) in [4.78, 5) is 11.8. The monoisotopic (exact) mass is 419 g/mol. The standard InChI is InChI=1S/C16H13ClF3N3O3S/c17-13-7-10(2-4-12(13)16(18,19)20)22-15(24)23-27(25,26)11-3-1-9-5-6-21-14(9)8-11/h1-4,7-8,21H,5-6H2,(H2,22,23,24). The Balaban J connectivity index is 1.73. The average Bonchev–Trinajstić information content (AvgIpc) is 3.00. The molecule has 0 aliphatic carbocycles. The number of carbonyl (C=O) groups excluding carboxylic acids is 1. The average molecular weight is 420 g/mol. The maximum Gasteiger partial charge on any atom is 0.417 e. The SMILES string of the molecule is O=C(Nc1ccc(C(F)(F)F)c(Cl)c1)NS(=O)(=O)c1ccc2c(c1)NCC2. The molecule has 27 heavy (non-hydrogen) atoms. The maximum atomic E-state index is 12.7. The first-order chi connectivity index (χ1) is 12.6. The molecule has 0 spiro atoms. The number of amides is 2. The number of rotatable bonds is 3. The normalized spacial score (nSPS) is 13.6. The second kappa shape index (κ2) is 6.93. The molecule has 0 aromatic heterocycles. The highest BCUT2D eigenvalue weighted by Crippen LogP contribution is 2.35. The lowest BCUT2D eigenvalue weighted by atomic mass is 10.2. The lowest BCUT2D eigenvalue weighted by Gasteiger charge is -2.12. The van der Waals surface area contributed by atoms with Crippen molar-refractivity contribution in [3.05, 3.63) is 52.5 Å². The summed E-state index contributed by atoms with van der Waals surface area (Å²) in [6, 6.07) is 5.86. The summed E-state index contributed by atoms with van der Waals surface area (Å²) < 4.78 is 64.5. The van der Waals surface area contributed by atoms with Crippen LogP contribution in [0, 0.1) is 0 Å². The Bertz CT molecular complexity index is 1010. The Kier molecular flexibility index (Phi) is 4.96. The Labute approximate surface area is 157 Å². The molecule has 3 rings (SSSR count). The van der Waals surface area contributed by atoms with Crippen LogP contribution in [0.2, 0.25) is 5.02 Å². The van der Waals surface area contributed by atoms with Gasteiger partial charge in [-0.05, 0) is 42.3 Å². The topological polar surface area (TPSA) is 87.3 Å². The number of nitrogens with one attached hydrogen (secondary N) is 3. The van der Waals surface area contributed by atoms with Gasteiger partial charge in [0, 0.05) is 17.9 Å². The number of hydrogen-bond acceptors (Lipinski definition) is 4. The van der Waals surface area contributed by atoms with Gasteiger partial charge in [0.05, 0.1) is 15.5 Å². The Morgan fingerprint density at radius 2 is 1.89 bits per heavy atom. The Morgan fingerprint density at radius 1 is 1.15 bits per heavy atom. The molecule has 3 N–H and O–H groups in total. The fraction of sp³-hybridized carbons (Fsp3) is 0.188. The molecular formula is C16H13ClF3N3O3S. The summed E-state index contributed by atoms with van der Waals surface area (Å²) in [5.41, 5.74) is 0.496. The first-order valence-corrected chi connectivity index (χ1v) is 9.50. The van der Waals surface area contributed by atoms with Crippen molar-refractivity contribution >= 4 is 39.0 Å². The van der Waals surface area contributed by atoms with Crippen LogP contribution >= 0.6 is 11.6 Å². The molecule has 0 atom stereocenters. The molecule has 0 bridgehead atoms. The number of fused-ring (bicyclic) bond motifs is 1. The van der Waals surface area contributed by atoms with Gasteiger partial charge in [-0.15, -0.1) is 0 Å². The lowest BCUT2D eigenvalue weighted by molar-refractivity contribution is -0.137. The quantitative estimate of drug-likeness (QED) is 0.705. The zero-order valence-corrected chi connectivity index (χ0v) is 15.1. The highest BCUT2D eigenvalue weighted by Gasteiger charge is 2.33. The van der Waals surface area contributed by atoms with Gasteiger partial charge in [0.1, 0.15) is 0 Å². The molecule has 0 saturated carbocycles. The molecule has 6 nitrogen and oxygen atoms in total. The molecule has 11 heteroatoms. The van der Waals surface area contributed by atoms with Crippen LogP contribution in [0.3, 0.4) is 0 Å². The molecule has 0 unspecified atom stereocenters. The number of hydrogen-bond donors (Lipinski definition) is 3. The smallest absolute Gasteiger partial charge is 0.384 e. The first kappa shape index (κ1) is 19.3. The van der Waals surface area contributed by atoms with Crippen molar-refractivity contribution in [3.63, 3.8) is 0 Å². The predicted octanol–water partition coefficient (Wildman–Crippen LogP) is 3.84. The molecule has 1 aliphatic heterocycles. The number of anilines is 2. The summed E-state index contributed by atoms with van der Waals surface area (Å²) >= 11 is 5.56. The predicted molar refractivity (Wildman–Crippen MR) is 94.4 cm³/mol. The zero-order chi connectivity index (χ0) is 19.8. The number of sulfonamides is 1. The molecular weight excluding hydrogens is 407 g/mol. The van der Waals surface area contributed by atoms with Gasteiger partial charge in [0.2, 0.25) is 0 Å². The highest BCUT2D eigenvalue weighted by molar-refractivity contribution is 7.90. The van der Waals surface area contributed by atoms with Gasteiger partial charge in [-0.2, -0.15) is 13.2 Å². The molecule has 2 amide bonds. The van der Waals surface area contributed by atoms with E-state index in [9.17, 15) is 26.4 Å². The number of alkyl halides is 3. The van der Waals surface area contributed by atoms with Gasteiger partial charge in [-0.25, -0.2) is 17.9 Å². The van der Waals surface area contributed by atoms with E-state index in [2.05, 4.69) is 10.6 Å². The van der Waals surface area contributed by atoms with Crippen molar-refractivity contribution in [2.24, 2.45) is 0 Å². The second-order valence-corrected chi connectivity index (χ2v) is 7.84. The Morgan fingerprint density at radius 3 is 2.56 bits per heavy atom. The van der Waals surface area contributed by atoms with Crippen molar-refractivity contribution in [1.82, 2.24) is 4.72 Å². The van der Waals surface area contributed by atoms with E-state index < -0.39 is 32.8 Å². The minimum Gasteiger partial charge on any atom is -0.384 e. The summed E-state index contributed by atoms with van der Waals surface area (Å²) in [5, 5.41) is 4.56. The lowest BCUT2D eigenvalue weighted by Crippen LogP contribution is -2.34. The molecule has 144 valence electrons. The van der Waals surface area contributed by atoms with Crippen molar-refractivity contribution < 1.29 is 26.4 Å². The minimum atomic E-state index is -4.64. The fourth-order valence-electron chi connectivity index (χ4n) is 2.60. The van der Waals surface area contributed by atoms with E-state index >= 15 is 0 Å². The van der Waals surface area contributed by atoms with Gasteiger partial charge < -0.3 is 10.6 Å². The van der Waals surface area contributed by atoms with E-state index in [1.54, 1.807) is 10.8 Å². The maximum absolute atomic E-state index is 12.7. The van der Waals surface area contributed by atoms with Gasteiger partial charge in [0.25, 0.3) is 10.0 Å². The molecule has 1 heterocycles. The van der Waals surface area contributed by atoms with Crippen LogP contribution in [0.4, 0.5) is 29.3 Å². The van der Waals surface area contributed by atoms with E-state index in [1.807, 2.05) is 0 Å². The van der Waals surface area contributed by atoms with Crippen LogP contribution in [0.15, 0.2) is 41.3 Å². The summed E-state index contributed by atoms with van der Waals surface area (Å²) in [6.45, 7) is 0.696. The molecule has 2 aromatic rings. The second-order valence-electron chi connectivity index (χ2n) is 5.75. The minimum absolute atomic E-state index is 0.0867. The van der Waals surface area contributed by atoms with Crippen molar-refractivity contribution in [1.29, 1.82) is 0 Å². The molecule has 0 radical (unpaired) electrons. The third kappa shape index (κ3) is 4.28. The van der Waals surface area contributed by atoms with Crippen molar-refractivity contribution in [2.75, 3.05) is 17.2 Å². The van der Waals surface area contributed by atoms with Crippen LogP contribution in [-0.4, -0.2) is 21.0 Å². The van der Waals surface area contributed by atoms with Gasteiger partial charge in [0.15, 0.2) is 0 Å². The van der Waals surface area contributed by atoms with Gasteiger partial charge in [-0.1, -0.05) is 17.7 Å². The van der Waals surface area contributed by atoms with E-state index in [0.717, 1.165) is 24.1 Å². The van der Waals surface area contributed by atoms with E-state index in [4.69, 9.17) is 11.6 Å². The summed E-state index contributed by atoms with van der Waals surface area (Å²) in [5.74, 6) is 0. The van der Waals surface area contributed by atoms with Crippen molar-refractivity contribution in [3.8, 4) is 0 Å². The zero-order valence-electron chi connectivity index (χ0n) is 13.5. The summed E-state index contributed by atoms with van der Waals surface area (Å²) in [6.07, 6.45) is -3.86.